The number of anilines is 2. The number of hydrogen-bond acceptors (Lipinski definition) is 9. The molecule has 0 saturated heterocycles. The Balaban J connectivity index is 1.51. The first-order valence-corrected chi connectivity index (χ1v) is 12.8. The van der Waals surface area contributed by atoms with Crippen LogP contribution in [0.5, 0.6) is 0 Å². The summed E-state index contributed by atoms with van der Waals surface area (Å²) in [5.74, 6) is 0.415. The zero-order valence-electron chi connectivity index (χ0n) is 21.4. The van der Waals surface area contributed by atoms with E-state index in [1.807, 2.05) is 50.8 Å². The summed E-state index contributed by atoms with van der Waals surface area (Å²) in [6.45, 7) is 9.13. The Labute approximate surface area is 220 Å². The normalized spacial score (nSPS) is 12.4. The molecule has 194 valence electrons. The predicted octanol–water partition coefficient (Wildman–Crippen LogP) is 3.61. The number of thiazole rings is 1. The highest BCUT2D eigenvalue weighted by Crippen LogP contribution is 2.26. The summed E-state index contributed by atoms with van der Waals surface area (Å²) in [6, 6.07) is 7.99. The van der Waals surface area contributed by atoms with Crippen LogP contribution in [0.3, 0.4) is 0 Å². The van der Waals surface area contributed by atoms with Crippen molar-refractivity contribution in [2.75, 3.05) is 11.9 Å². The molecule has 4 rings (SSSR count). The number of carbonyl (C=O) groups is 1. The van der Waals surface area contributed by atoms with E-state index in [2.05, 4.69) is 31.4 Å². The van der Waals surface area contributed by atoms with Gasteiger partial charge in [0.05, 0.1) is 41.9 Å². The summed E-state index contributed by atoms with van der Waals surface area (Å²) in [5, 5.41) is 17.1. The lowest BCUT2D eigenvalue weighted by atomic mass is 9.99. The van der Waals surface area contributed by atoms with Crippen LogP contribution in [0.15, 0.2) is 54.6 Å². The number of amides is 1. The summed E-state index contributed by atoms with van der Waals surface area (Å²) < 4.78 is 1.62. The third-order valence-corrected chi connectivity index (χ3v) is 6.64. The Morgan fingerprint density at radius 2 is 2.08 bits per heavy atom. The van der Waals surface area contributed by atoms with E-state index in [0.717, 1.165) is 22.4 Å². The van der Waals surface area contributed by atoms with Gasteiger partial charge in [0.25, 0.3) is 5.91 Å². The SMILES string of the molecule is Cc1cc(-c2ccnc(Nc3cnn(C[C@H](O)CN)c3)n2)ccc1CN(C(=O)c1cncs1)C(C)(C)C. The van der Waals surface area contributed by atoms with Gasteiger partial charge in [-0.25, -0.2) is 9.97 Å². The molecule has 11 heteroatoms. The average Bonchev–Trinajstić information content (AvgIpc) is 3.55. The number of hydrogen-bond donors (Lipinski definition) is 3. The zero-order valence-corrected chi connectivity index (χ0v) is 22.2. The minimum atomic E-state index is -0.653. The second-order valence-corrected chi connectivity index (χ2v) is 10.7. The lowest BCUT2D eigenvalue weighted by Crippen LogP contribution is -2.44. The van der Waals surface area contributed by atoms with Crippen LogP contribution in [0.2, 0.25) is 0 Å². The number of nitrogens with two attached hydrogens (primary N) is 1. The van der Waals surface area contributed by atoms with Crippen molar-refractivity contribution in [2.45, 2.75) is 52.4 Å². The van der Waals surface area contributed by atoms with Crippen molar-refractivity contribution in [3.63, 3.8) is 0 Å². The van der Waals surface area contributed by atoms with E-state index in [1.54, 1.807) is 35.0 Å². The summed E-state index contributed by atoms with van der Waals surface area (Å²) in [4.78, 5) is 28.7. The van der Waals surface area contributed by atoms with Gasteiger partial charge in [-0.2, -0.15) is 5.10 Å². The smallest absolute Gasteiger partial charge is 0.266 e. The number of nitrogens with one attached hydrogen (secondary N) is 1. The van der Waals surface area contributed by atoms with Crippen LogP contribution in [-0.4, -0.2) is 58.8 Å². The molecule has 0 spiro atoms. The minimum absolute atomic E-state index is 0.0224. The molecular formula is C26H32N8O2S. The third-order valence-electron chi connectivity index (χ3n) is 5.88. The van der Waals surface area contributed by atoms with Gasteiger partial charge in [-0.3, -0.25) is 14.5 Å². The number of aliphatic hydroxyl groups is 1. The molecule has 0 radical (unpaired) electrons. The molecule has 1 amide bonds. The summed E-state index contributed by atoms with van der Waals surface area (Å²) in [6.07, 6.45) is 6.08. The van der Waals surface area contributed by atoms with Crippen molar-refractivity contribution in [3.05, 3.63) is 70.6 Å². The van der Waals surface area contributed by atoms with E-state index in [1.165, 1.54) is 11.3 Å². The lowest BCUT2D eigenvalue weighted by molar-refractivity contribution is 0.0563. The Hall–Kier alpha value is -3.67. The molecule has 0 unspecified atom stereocenters. The first-order chi connectivity index (χ1) is 17.6. The van der Waals surface area contributed by atoms with Crippen LogP contribution in [0, 0.1) is 6.92 Å². The zero-order chi connectivity index (χ0) is 26.6. The van der Waals surface area contributed by atoms with Crippen LogP contribution in [0.4, 0.5) is 11.6 Å². The molecule has 0 aliphatic rings. The maximum atomic E-state index is 13.2. The quantitative estimate of drug-likeness (QED) is 0.305. The molecule has 0 aliphatic carbocycles. The maximum Gasteiger partial charge on any atom is 0.266 e. The van der Waals surface area contributed by atoms with E-state index >= 15 is 0 Å². The minimum Gasteiger partial charge on any atom is -0.390 e. The Kier molecular flexibility index (Phi) is 7.96. The molecular weight excluding hydrogens is 488 g/mol. The molecule has 4 aromatic rings. The molecule has 37 heavy (non-hydrogen) atoms. The van der Waals surface area contributed by atoms with Crippen molar-refractivity contribution in [1.29, 1.82) is 0 Å². The van der Waals surface area contributed by atoms with Crippen LogP contribution in [0.1, 0.15) is 41.6 Å². The first kappa shape index (κ1) is 26.4. The highest BCUT2D eigenvalue weighted by Gasteiger charge is 2.28. The van der Waals surface area contributed by atoms with Crippen LogP contribution < -0.4 is 11.1 Å². The third kappa shape index (κ3) is 6.56. The monoisotopic (exact) mass is 520 g/mol. The molecule has 1 atom stereocenters. The van der Waals surface area contributed by atoms with E-state index in [4.69, 9.17) is 5.73 Å². The number of aryl methyl sites for hydroxylation is 1. The van der Waals surface area contributed by atoms with Gasteiger partial charge in [0.1, 0.15) is 4.88 Å². The molecule has 0 saturated carbocycles. The van der Waals surface area contributed by atoms with Gasteiger partial charge >= 0.3 is 0 Å². The summed E-state index contributed by atoms with van der Waals surface area (Å²) in [7, 11) is 0. The standard InChI is InChI=1S/C26H32N8O2S/c1-17-9-18(5-6-19(17)13-34(26(2,3)4)24(36)23-12-28-16-37-23)22-7-8-29-25(32-22)31-20-11-30-33(14-20)15-21(35)10-27/h5-9,11-12,14,16,21,35H,10,13,15,27H2,1-4H3,(H,29,31,32)/t21-/m1/s1. The molecule has 3 heterocycles. The first-order valence-electron chi connectivity index (χ1n) is 11.9. The molecule has 0 aliphatic heterocycles. The van der Waals surface area contributed by atoms with Crippen molar-refractivity contribution >= 4 is 28.9 Å². The molecule has 0 fully saturated rings. The fraction of sp³-hybridized carbons (Fsp3) is 0.346. The van der Waals surface area contributed by atoms with Gasteiger partial charge in [-0.1, -0.05) is 12.1 Å². The summed E-state index contributed by atoms with van der Waals surface area (Å²) in [5.41, 5.74) is 11.4. The predicted molar refractivity (Wildman–Crippen MR) is 145 cm³/mol. The second kappa shape index (κ2) is 11.2. The van der Waals surface area contributed by atoms with Gasteiger partial charge < -0.3 is 21.1 Å². The van der Waals surface area contributed by atoms with Gasteiger partial charge in [-0.05, 0) is 51.0 Å². The van der Waals surface area contributed by atoms with Crippen molar-refractivity contribution in [3.8, 4) is 11.3 Å². The van der Waals surface area contributed by atoms with E-state index in [9.17, 15) is 9.90 Å². The number of nitrogens with zero attached hydrogens (tertiary/aromatic N) is 6. The number of carbonyl (C=O) groups excluding carboxylic acids is 1. The van der Waals surface area contributed by atoms with Crippen LogP contribution in [0.25, 0.3) is 11.3 Å². The molecule has 3 aromatic heterocycles. The molecule has 10 nitrogen and oxygen atoms in total. The topological polar surface area (TPSA) is 135 Å². The van der Waals surface area contributed by atoms with Gasteiger partial charge in [0, 0.05) is 36.6 Å². The highest BCUT2D eigenvalue weighted by atomic mass is 32.1. The van der Waals surface area contributed by atoms with Crippen molar-refractivity contribution in [1.82, 2.24) is 29.6 Å². The Morgan fingerprint density at radius 3 is 2.76 bits per heavy atom. The van der Waals surface area contributed by atoms with Gasteiger partial charge in [0.15, 0.2) is 0 Å². The largest absolute Gasteiger partial charge is 0.390 e. The van der Waals surface area contributed by atoms with E-state index in [-0.39, 0.29) is 18.0 Å². The molecule has 4 N–H and O–H groups in total. The number of benzene rings is 1. The number of aromatic nitrogens is 5. The van der Waals surface area contributed by atoms with E-state index < -0.39 is 6.10 Å². The second-order valence-electron chi connectivity index (χ2n) is 9.80. The maximum absolute atomic E-state index is 13.2. The highest BCUT2D eigenvalue weighted by molar-refractivity contribution is 7.11. The average molecular weight is 521 g/mol. The molecule has 0 bridgehead atoms. The van der Waals surface area contributed by atoms with Crippen LogP contribution in [-0.2, 0) is 13.1 Å². The van der Waals surface area contributed by atoms with Gasteiger partial charge in [-0.15, -0.1) is 11.3 Å². The fourth-order valence-corrected chi connectivity index (χ4v) is 4.37. The summed E-state index contributed by atoms with van der Waals surface area (Å²) >= 11 is 1.35. The van der Waals surface area contributed by atoms with E-state index in [0.29, 0.717) is 29.6 Å². The number of aliphatic hydroxyl groups excluding tert-OH is 1. The van der Waals surface area contributed by atoms with Crippen molar-refractivity contribution in [2.24, 2.45) is 5.73 Å². The Morgan fingerprint density at radius 1 is 1.27 bits per heavy atom. The lowest BCUT2D eigenvalue weighted by Gasteiger charge is -2.36. The van der Waals surface area contributed by atoms with Crippen LogP contribution >= 0.6 is 11.3 Å². The fourth-order valence-electron chi connectivity index (χ4n) is 3.80. The Bertz CT molecular complexity index is 1350. The van der Waals surface area contributed by atoms with Crippen molar-refractivity contribution < 1.29 is 9.90 Å². The number of rotatable bonds is 9. The molecule has 1 aromatic carbocycles. The van der Waals surface area contributed by atoms with Gasteiger partial charge in [0.2, 0.25) is 5.95 Å².